The molecule has 1 atom stereocenters. The van der Waals surface area contributed by atoms with Crippen LogP contribution in [0.25, 0.3) is 0 Å². The van der Waals surface area contributed by atoms with E-state index in [0.29, 0.717) is 6.54 Å². The van der Waals surface area contributed by atoms with E-state index in [9.17, 15) is 9.59 Å². The van der Waals surface area contributed by atoms with Gasteiger partial charge in [0, 0.05) is 11.6 Å². The number of nitrogens with zero attached hydrogens (tertiary/aromatic N) is 1. The van der Waals surface area contributed by atoms with E-state index in [1.165, 1.54) is 0 Å². The number of hydrogen-bond acceptors (Lipinski definition) is 3. The van der Waals surface area contributed by atoms with Gasteiger partial charge in [0.2, 0.25) is 11.8 Å². The summed E-state index contributed by atoms with van der Waals surface area (Å²) < 4.78 is 0. The summed E-state index contributed by atoms with van der Waals surface area (Å²) in [5.74, 6) is 0.121. The number of carbonyl (C=O) groups excluding carboxylic acids is 2. The first kappa shape index (κ1) is 21.1. The van der Waals surface area contributed by atoms with Gasteiger partial charge in [-0.1, -0.05) is 36.4 Å². The van der Waals surface area contributed by atoms with Crippen molar-refractivity contribution < 1.29 is 9.59 Å². The number of likely N-dealkylation sites (tertiary alicyclic amines) is 1. The van der Waals surface area contributed by atoms with Crippen molar-refractivity contribution in [3.05, 3.63) is 65.2 Å². The van der Waals surface area contributed by atoms with E-state index in [1.807, 2.05) is 63.2 Å². The Balaban J connectivity index is 1.43. The third kappa shape index (κ3) is 6.16. The maximum atomic E-state index is 12.6. The predicted molar refractivity (Wildman–Crippen MR) is 117 cm³/mol. The summed E-state index contributed by atoms with van der Waals surface area (Å²) in [5, 5.41) is 6.12. The van der Waals surface area contributed by atoms with Crippen LogP contribution < -0.4 is 10.6 Å². The van der Waals surface area contributed by atoms with Gasteiger partial charge in [-0.15, -0.1) is 0 Å². The Morgan fingerprint density at radius 2 is 1.66 bits per heavy atom. The molecule has 154 valence electrons. The van der Waals surface area contributed by atoms with E-state index in [2.05, 4.69) is 21.6 Å². The average molecular weight is 394 g/mol. The second-order valence-electron chi connectivity index (χ2n) is 8.12. The van der Waals surface area contributed by atoms with Crippen molar-refractivity contribution in [3.63, 3.8) is 0 Å². The summed E-state index contributed by atoms with van der Waals surface area (Å²) in [6, 6.07) is 16.1. The number of piperidine rings is 1. The first-order valence-electron chi connectivity index (χ1n) is 10.4. The van der Waals surface area contributed by atoms with E-state index >= 15 is 0 Å². The standard InChI is InChI=1S/C24H31N3O2/c1-17-13-18(2)15-22(14-17)26-23(28)16-27-11-9-21(10-12-27)24(29)25-19(3)20-7-5-4-6-8-20/h4-8,13-15,19,21H,9-12,16H2,1-3H3,(H,25,29)(H,26,28). The maximum Gasteiger partial charge on any atom is 0.238 e. The smallest absolute Gasteiger partial charge is 0.238 e. The van der Waals surface area contributed by atoms with Gasteiger partial charge >= 0.3 is 0 Å². The van der Waals surface area contributed by atoms with Gasteiger partial charge in [0.1, 0.15) is 0 Å². The van der Waals surface area contributed by atoms with Crippen molar-refractivity contribution in [3.8, 4) is 0 Å². The Bertz CT molecular complexity index is 822. The number of benzene rings is 2. The number of hydrogen-bond donors (Lipinski definition) is 2. The summed E-state index contributed by atoms with van der Waals surface area (Å²) in [4.78, 5) is 27.1. The summed E-state index contributed by atoms with van der Waals surface area (Å²) >= 11 is 0. The van der Waals surface area contributed by atoms with Gasteiger partial charge in [-0.05, 0) is 75.5 Å². The van der Waals surface area contributed by atoms with Crippen molar-refractivity contribution in [2.75, 3.05) is 25.0 Å². The Kier molecular flexibility index (Phi) is 7.04. The molecule has 5 nitrogen and oxygen atoms in total. The number of nitrogens with one attached hydrogen (secondary N) is 2. The molecule has 3 rings (SSSR count). The van der Waals surface area contributed by atoms with Crippen LogP contribution in [0.3, 0.4) is 0 Å². The van der Waals surface area contributed by atoms with Crippen LogP contribution in [0.4, 0.5) is 5.69 Å². The molecule has 0 aliphatic carbocycles. The van der Waals surface area contributed by atoms with Crippen LogP contribution in [0.5, 0.6) is 0 Å². The molecular formula is C24H31N3O2. The largest absolute Gasteiger partial charge is 0.349 e. The fourth-order valence-electron chi connectivity index (χ4n) is 3.96. The maximum absolute atomic E-state index is 12.6. The highest BCUT2D eigenvalue weighted by Crippen LogP contribution is 2.20. The van der Waals surface area contributed by atoms with Crippen LogP contribution in [0, 0.1) is 19.8 Å². The van der Waals surface area contributed by atoms with Crippen LogP contribution in [-0.2, 0) is 9.59 Å². The second-order valence-corrected chi connectivity index (χ2v) is 8.12. The van der Waals surface area contributed by atoms with Crippen molar-refractivity contribution in [2.45, 2.75) is 39.7 Å². The van der Waals surface area contributed by atoms with E-state index in [4.69, 9.17) is 0 Å². The third-order valence-corrected chi connectivity index (χ3v) is 5.49. The van der Waals surface area contributed by atoms with Crippen molar-refractivity contribution in [1.29, 1.82) is 0 Å². The van der Waals surface area contributed by atoms with Crippen LogP contribution >= 0.6 is 0 Å². The summed E-state index contributed by atoms with van der Waals surface area (Å²) in [7, 11) is 0. The molecule has 0 bridgehead atoms. The van der Waals surface area contributed by atoms with Crippen LogP contribution in [-0.4, -0.2) is 36.3 Å². The van der Waals surface area contributed by atoms with Gasteiger partial charge in [0.25, 0.3) is 0 Å². The minimum absolute atomic E-state index is 0.00407. The number of rotatable bonds is 6. The lowest BCUT2D eigenvalue weighted by Crippen LogP contribution is -2.43. The average Bonchev–Trinajstić information content (AvgIpc) is 2.68. The molecule has 29 heavy (non-hydrogen) atoms. The number of carbonyl (C=O) groups is 2. The Hall–Kier alpha value is -2.66. The predicted octanol–water partition coefficient (Wildman–Crippen LogP) is 3.83. The number of aryl methyl sites for hydroxylation is 2. The molecule has 1 fully saturated rings. The van der Waals surface area contributed by atoms with Gasteiger partial charge in [-0.2, -0.15) is 0 Å². The first-order valence-corrected chi connectivity index (χ1v) is 10.4. The zero-order valence-corrected chi connectivity index (χ0v) is 17.6. The van der Waals surface area contributed by atoms with Crippen molar-refractivity contribution in [2.24, 2.45) is 5.92 Å². The van der Waals surface area contributed by atoms with Gasteiger partial charge in [0.05, 0.1) is 12.6 Å². The highest BCUT2D eigenvalue weighted by atomic mass is 16.2. The van der Waals surface area contributed by atoms with Gasteiger partial charge < -0.3 is 10.6 Å². The molecule has 1 saturated heterocycles. The third-order valence-electron chi connectivity index (χ3n) is 5.49. The van der Waals surface area contributed by atoms with Gasteiger partial charge in [0.15, 0.2) is 0 Å². The summed E-state index contributed by atoms with van der Waals surface area (Å²) in [5.41, 5.74) is 4.23. The fraction of sp³-hybridized carbons (Fsp3) is 0.417. The zero-order valence-electron chi connectivity index (χ0n) is 17.6. The topological polar surface area (TPSA) is 61.4 Å². The fourth-order valence-corrected chi connectivity index (χ4v) is 3.96. The molecular weight excluding hydrogens is 362 g/mol. The Morgan fingerprint density at radius 3 is 2.28 bits per heavy atom. The van der Waals surface area contributed by atoms with E-state index in [0.717, 1.165) is 48.3 Å². The SMILES string of the molecule is Cc1cc(C)cc(NC(=O)CN2CCC(C(=O)NC(C)c3ccccc3)CC2)c1. The highest BCUT2D eigenvalue weighted by Gasteiger charge is 2.26. The Morgan fingerprint density at radius 1 is 1.03 bits per heavy atom. The molecule has 0 saturated carbocycles. The van der Waals surface area contributed by atoms with Crippen LogP contribution in [0.1, 0.15) is 42.5 Å². The second kappa shape index (κ2) is 9.70. The molecule has 2 N–H and O–H groups in total. The lowest BCUT2D eigenvalue weighted by atomic mass is 9.95. The molecule has 2 aromatic carbocycles. The molecule has 1 unspecified atom stereocenters. The molecule has 2 aromatic rings. The molecule has 1 heterocycles. The minimum atomic E-state index is -0.00407. The quantitative estimate of drug-likeness (QED) is 0.784. The van der Waals surface area contributed by atoms with Crippen LogP contribution in [0.15, 0.2) is 48.5 Å². The number of amides is 2. The summed E-state index contributed by atoms with van der Waals surface area (Å²) in [6.45, 7) is 7.95. The highest BCUT2D eigenvalue weighted by molar-refractivity contribution is 5.92. The lowest BCUT2D eigenvalue weighted by molar-refractivity contribution is -0.127. The minimum Gasteiger partial charge on any atom is -0.349 e. The van der Waals surface area contributed by atoms with Gasteiger partial charge in [-0.25, -0.2) is 0 Å². The molecule has 5 heteroatoms. The number of anilines is 1. The first-order chi connectivity index (χ1) is 13.9. The molecule has 0 aromatic heterocycles. The van der Waals surface area contributed by atoms with Crippen LogP contribution in [0.2, 0.25) is 0 Å². The molecule has 1 aliphatic rings. The Labute approximate surface area is 173 Å². The zero-order chi connectivity index (χ0) is 20.8. The van der Waals surface area contributed by atoms with E-state index in [1.54, 1.807) is 0 Å². The van der Waals surface area contributed by atoms with Crippen molar-refractivity contribution in [1.82, 2.24) is 10.2 Å². The molecule has 0 radical (unpaired) electrons. The van der Waals surface area contributed by atoms with Gasteiger partial charge in [-0.3, -0.25) is 14.5 Å². The summed E-state index contributed by atoms with van der Waals surface area (Å²) in [6.07, 6.45) is 1.56. The lowest BCUT2D eigenvalue weighted by Gasteiger charge is -2.31. The molecule has 0 spiro atoms. The normalized spacial score (nSPS) is 16.2. The monoisotopic (exact) mass is 393 g/mol. The van der Waals surface area contributed by atoms with E-state index in [-0.39, 0.29) is 23.8 Å². The van der Waals surface area contributed by atoms with E-state index < -0.39 is 0 Å². The van der Waals surface area contributed by atoms with Crippen molar-refractivity contribution >= 4 is 17.5 Å². The molecule has 1 aliphatic heterocycles. The molecule has 2 amide bonds.